The van der Waals surface area contributed by atoms with Gasteiger partial charge in [0.25, 0.3) is 0 Å². The molecule has 0 atom stereocenters. The van der Waals surface area contributed by atoms with E-state index >= 15 is 0 Å². The molecule has 1 aromatic carbocycles. The van der Waals surface area contributed by atoms with E-state index in [9.17, 15) is 0 Å². The molecule has 0 saturated carbocycles. The number of nitrogens with zero attached hydrogens (tertiary/aromatic N) is 2. The molecule has 0 amide bonds. The second-order valence-electron chi connectivity index (χ2n) is 4.58. The van der Waals surface area contributed by atoms with Crippen molar-refractivity contribution in [1.29, 1.82) is 0 Å². The van der Waals surface area contributed by atoms with Crippen LogP contribution in [0.2, 0.25) is 0 Å². The number of fused-ring (bicyclic) bond motifs is 1. The van der Waals surface area contributed by atoms with E-state index in [1.807, 2.05) is 13.1 Å². The number of aryl methyl sites for hydroxylation is 3. The van der Waals surface area contributed by atoms with Crippen molar-refractivity contribution >= 4 is 21.6 Å². The number of aromatic nitrogens is 2. The Kier molecular flexibility index (Phi) is 2.63. The quantitative estimate of drug-likeness (QED) is 0.647. The van der Waals surface area contributed by atoms with Crippen molar-refractivity contribution in [1.82, 2.24) is 9.97 Å². The summed E-state index contributed by atoms with van der Waals surface area (Å²) in [7, 11) is 0. The molecular formula is C15H14N2S. The molecule has 0 unspecified atom stereocenters. The van der Waals surface area contributed by atoms with Crippen molar-refractivity contribution < 1.29 is 0 Å². The predicted octanol–water partition coefficient (Wildman–Crippen LogP) is 4.28. The number of benzene rings is 1. The van der Waals surface area contributed by atoms with E-state index in [-0.39, 0.29) is 0 Å². The van der Waals surface area contributed by atoms with Gasteiger partial charge in [-0.2, -0.15) is 0 Å². The molecule has 2 nitrogen and oxygen atoms in total. The lowest BCUT2D eigenvalue weighted by molar-refractivity contribution is 1.10. The summed E-state index contributed by atoms with van der Waals surface area (Å²) < 4.78 is 0. The molecule has 0 bridgehead atoms. The normalized spacial score (nSPS) is 11.1. The maximum atomic E-state index is 4.47. The lowest BCUT2D eigenvalue weighted by Crippen LogP contribution is -1.86. The third-order valence-corrected chi connectivity index (χ3v) is 4.16. The molecule has 0 saturated heterocycles. The summed E-state index contributed by atoms with van der Waals surface area (Å²) in [6.45, 7) is 6.21. The minimum absolute atomic E-state index is 0.830. The fourth-order valence-electron chi connectivity index (χ4n) is 2.03. The van der Waals surface area contributed by atoms with Crippen molar-refractivity contribution in [2.24, 2.45) is 0 Å². The molecule has 0 aliphatic carbocycles. The van der Waals surface area contributed by atoms with Gasteiger partial charge in [-0.3, -0.25) is 0 Å². The van der Waals surface area contributed by atoms with Crippen LogP contribution in [0.15, 0.2) is 29.8 Å². The Morgan fingerprint density at radius 2 is 1.89 bits per heavy atom. The molecule has 0 aliphatic heterocycles. The van der Waals surface area contributed by atoms with E-state index in [2.05, 4.69) is 47.4 Å². The second kappa shape index (κ2) is 4.18. The van der Waals surface area contributed by atoms with Crippen molar-refractivity contribution in [3.05, 3.63) is 46.7 Å². The van der Waals surface area contributed by atoms with Crippen LogP contribution in [0.5, 0.6) is 0 Å². The minimum Gasteiger partial charge on any atom is -0.241 e. The zero-order valence-electron chi connectivity index (χ0n) is 10.7. The predicted molar refractivity (Wildman–Crippen MR) is 77.1 cm³/mol. The third kappa shape index (κ3) is 1.81. The van der Waals surface area contributed by atoms with Crippen molar-refractivity contribution in [2.45, 2.75) is 20.8 Å². The molecular weight excluding hydrogens is 240 g/mol. The van der Waals surface area contributed by atoms with Crippen molar-refractivity contribution in [2.75, 3.05) is 0 Å². The summed E-state index contributed by atoms with van der Waals surface area (Å²) >= 11 is 1.68. The van der Waals surface area contributed by atoms with Gasteiger partial charge in [0, 0.05) is 22.5 Å². The van der Waals surface area contributed by atoms with Crippen LogP contribution in [0.25, 0.3) is 21.3 Å². The Labute approximate surface area is 110 Å². The standard InChI is InChI=1S/C15H14N2S/c1-9-4-5-12(6-10(9)2)14-8-18-15-13(14)7-16-11(3)17-15/h4-8H,1-3H3. The molecule has 2 heterocycles. The third-order valence-electron chi connectivity index (χ3n) is 3.27. The van der Waals surface area contributed by atoms with Crippen LogP contribution < -0.4 is 0 Å². The Morgan fingerprint density at radius 1 is 1.06 bits per heavy atom. The molecule has 3 rings (SSSR count). The van der Waals surface area contributed by atoms with Crippen molar-refractivity contribution in [3.8, 4) is 11.1 Å². The summed E-state index contributed by atoms with van der Waals surface area (Å²) in [6, 6.07) is 6.57. The fourth-order valence-corrected chi connectivity index (χ4v) is 3.00. The van der Waals surface area contributed by atoms with Crippen LogP contribution in [-0.4, -0.2) is 9.97 Å². The molecule has 0 radical (unpaired) electrons. The first-order valence-electron chi connectivity index (χ1n) is 5.93. The monoisotopic (exact) mass is 254 g/mol. The number of thiophene rings is 1. The van der Waals surface area contributed by atoms with Crippen LogP contribution in [-0.2, 0) is 0 Å². The SMILES string of the molecule is Cc1ncc2c(-c3ccc(C)c(C)c3)csc2n1. The van der Waals surface area contributed by atoms with Crippen LogP contribution in [0.3, 0.4) is 0 Å². The molecule has 3 heteroatoms. The largest absolute Gasteiger partial charge is 0.241 e. The topological polar surface area (TPSA) is 25.8 Å². The molecule has 3 aromatic rings. The summed E-state index contributed by atoms with van der Waals surface area (Å²) in [5.74, 6) is 0.830. The molecule has 0 N–H and O–H groups in total. The number of rotatable bonds is 1. The van der Waals surface area contributed by atoms with E-state index in [1.54, 1.807) is 11.3 Å². The van der Waals surface area contributed by atoms with Crippen LogP contribution >= 0.6 is 11.3 Å². The first-order valence-corrected chi connectivity index (χ1v) is 6.81. The van der Waals surface area contributed by atoms with Gasteiger partial charge in [-0.15, -0.1) is 11.3 Å². The molecule has 18 heavy (non-hydrogen) atoms. The van der Waals surface area contributed by atoms with Gasteiger partial charge < -0.3 is 0 Å². The highest BCUT2D eigenvalue weighted by molar-refractivity contribution is 7.17. The van der Waals surface area contributed by atoms with Gasteiger partial charge in [-0.25, -0.2) is 9.97 Å². The average molecular weight is 254 g/mol. The minimum atomic E-state index is 0.830. The van der Waals surface area contributed by atoms with Crippen molar-refractivity contribution in [3.63, 3.8) is 0 Å². The zero-order valence-corrected chi connectivity index (χ0v) is 11.5. The summed E-state index contributed by atoms with van der Waals surface area (Å²) in [6.07, 6.45) is 1.93. The summed E-state index contributed by atoms with van der Waals surface area (Å²) in [4.78, 5) is 9.84. The zero-order chi connectivity index (χ0) is 12.7. The molecule has 0 spiro atoms. The molecule has 0 fully saturated rings. The van der Waals surface area contributed by atoms with E-state index < -0.39 is 0 Å². The molecule has 2 aromatic heterocycles. The van der Waals surface area contributed by atoms with Gasteiger partial charge in [-0.05, 0) is 37.5 Å². The van der Waals surface area contributed by atoms with E-state index in [1.165, 1.54) is 22.3 Å². The van der Waals surface area contributed by atoms with Gasteiger partial charge in [0.15, 0.2) is 0 Å². The van der Waals surface area contributed by atoms with Gasteiger partial charge in [-0.1, -0.05) is 18.2 Å². The van der Waals surface area contributed by atoms with E-state index in [0.717, 1.165) is 16.0 Å². The van der Waals surface area contributed by atoms with Crippen LogP contribution in [0.1, 0.15) is 17.0 Å². The van der Waals surface area contributed by atoms with Crippen LogP contribution in [0.4, 0.5) is 0 Å². The van der Waals surface area contributed by atoms with Gasteiger partial charge >= 0.3 is 0 Å². The summed E-state index contributed by atoms with van der Waals surface area (Å²) in [5.41, 5.74) is 5.13. The Hall–Kier alpha value is -1.74. The number of hydrogen-bond donors (Lipinski definition) is 0. The van der Waals surface area contributed by atoms with Crippen LogP contribution in [0, 0.1) is 20.8 Å². The average Bonchev–Trinajstić information content (AvgIpc) is 2.75. The van der Waals surface area contributed by atoms with Gasteiger partial charge in [0.2, 0.25) is 0 Å². The summed E-state index contributed by atoms with van der Waals surface area (Å²) in [5, 5.41) is 3.32. The first-order chi connectivity index (χ1) is 8.65. The second-order valence-corrected chi connectivity index (χ2v) is 5.44. The van der Waals surface area contributed by atoms with E-state index in [4.69, 9.17) is 0 Å². The maximum absolute atomic E-state index is 4.47. The highest BCUT2D eigenvalue weighted by atomic mass is 32.1. The Balaban J connectivity index is 2.22. The highest BCUT2D eigenvalue weighted by Crippen LogP contribution is 2.33. The molecule has 0 aliphatic rings. The van der Waals surface area contributed by atoms with E-state index in [0.29, 0.717) is 0 Å². The molecule has 90 valence electrons. The fraction of sp³-hybridized carbons (Fsp3) is 0.200. The smallest absolute Gasteiger partial charge is 0.127 e. The maximum Gasteiger partial charge on any atom is 0.127 e. The van der Waals surface area contributed by atoms with Gasteiger partial charge in [0.05, 0.1) is 0 Å². The highest BCUT2D eigenvalue weighted by Gasteiger charge is 2.08. The van der Waals surface area contributed by atoms with Gasteiger partial charge in [0.1, 0.15) is 10.7 Å². The lowest BCUT2D eigenvalue weighted by atomic mass is 10.0. The Bertz CT molecular complexity index is 728. The number of hydrogen-bond acceptors (Lipinski definition) is 3. The lowest BCUT2D eigenvalue weighted by Gasteiger charge is -2.04. The Morgan fingerprint density at radius 3 is 2.67 bits per heavy atom. The first kappa shape index (κ1) is 11.4.